The fraction of sp³-hybridized carbons (Fsp3) is 1.00. The second-order valence-electron chi connectivity index (χ2n) is 1.81. The molecule has 0 amide bonds. The molecule has 0 saturated carbocycles. The molecule has 0 saturated heterocycles. The molecular weight excluding hydrogens is 215 g/mol. The van der Waals surface area contributed by atoms with E-state index >= 15 is 0 Å². The summed E-state index contributed by atoms with van der Waals surface area (Å²) in [4.78, 5) is 0. The van der Waals surface area contributed by atoms with Crippen molar-refractivity contribution in [1.29, 1.82) is 0 Å². The molecular formula is C6H17InSi. The second kappa shape index (κ2) is 8.09. The fourth-order valence-electron chi connectivity index (χ4n) is 0.750. The van der Waals surface area contributed by atoms with Gasteiger partial charge < -0.3 is 0 Å². The Hall–Kier alpha value is 1.09. The van der Waals surface area contributed by atoms with Gasteiger partial charge >= 0.3 is 25.8 Å². The first-order valence-electron chi connectivity index (χ1n) is 3.18. The summed E-state index contributed by atoms with van der Waals surface area (Å²) in [5, 5.41) is 0. The number of rotatable bonds is 3. The summed E-state index contributed by atoms with van der Waals surface area (Å²) in [7, 11) is 0.137. The van der Waals surface area contributed by atoms with Crippen LogP contribution in [0, 0.1) is 0 Å². The van der Waals surface area contributed by atoms with Crippen LogP contribution < -0.4 is 0 Å². The van der Waals surface area contributed by atoms with E-state index in [0.717, 1.165) is 0 Å². The zero-order valence-electron chi connectivity index (χ0n) is 6.62. The standard InChI is InChI=1S/C6H15Si.In.2H/c1-4-7(5-2)6-3;;;/h4-6H2,1-3H3;;;. The van der Waals surface area contributed by atoms with Crippen molar-refractivity contribution in [2.24, 2.45) is 0 Å². The summed E-state index contributed by atoms with van der Waals surface area (Å²) in [6.07, 6.45) is 0. The summed E-state index contributed by atoms with van der Waals surface area (Å²) < 4.78 is 0. The molecule has 0 bridgehead atoms. The summed E-state index contributed by atoms with van der Waals surface area (Å²) >= 11 is 0. The van der Waals surface area contributed by atoms with Crippen LogP contribution in [-0.2, 0) is 0 Å². The Morgan fingerprint density at radius 1 is 0.875 bits per heavy atom. The molecule has 0 aromatic carbocycles. The molecule has 0 fully saturated rings. The second-order valence-corrected chi connectivity index (χ2v) is 5.43. The van der Waals surface area contributed by atoms with Crippen LogP contribution in [0.15, 0.2) is 0 Å². The monoisotopic (exact) mass is 232 g/mol. The minimum absolute atomic E-state index is 0. The molecule has 0 rings (SSSR count). The van der Waals surface area contributed by atoms with Crippen molar-refractivity contribution in [3.8, 4) is 0 Å². The first-order valence-corrected chi connectivity index (χ1v) is 5.30. The first-order chi connectivity index (χ1) is 3.35. The average molecular weight is 232 g/mol. The summed E-state index contributed by atoms with van der Waals surface area (Å²) in [6.45, 7) is 6.92. The molecule has 48 valence electrons. The predicted molar refractivity (Wildman–Crippen MR) is 45.7 cm³/mol. The molecule has 0 aromatic rings. The van der Waals surface area contributed by atoms with E-state index in [1.807, 2.05) is 0 Å². The van der Waals surface area contributed by atoms with Crippen molar-refractivity contribution in [2.45, 2.75) is 38.9 Å². The van der Waals surface area contributed by atoms with Crippen molar-refractivity contribution >= 4 is 34.6 Å². The molecule has 0 heterocycles. The van der Waals surface area contributed by atoms with Gasteiger partial charge in [0.25, 0.3) is 0 Å². The van der Waals surface area contributed by atoms with Gasteiger partial charge in [-0.2, -0.15) is 0 Å². The van der Waals surface area contributed by atoms with Crippen LogP contribution in [-0.4, -0.2) is 34.6 Å². The van der Waals surface area contributed by atoms with E-state index in [-0.39, 0.29) is 34.6 Å². The van der Waals surface area contributed by atoms with Crippen LogP contribution in [0.2, 0.25) is 18.1 Å². The van der Waals surface area contributed by atoms with Gasteiger partial charge in [0.15, 0.2) is 0 Å². The van der Waals surface area contributed by atoms with Crippen molar-refractivity contribution in [2.75, 3.05) is 0 Å². The van der Waals surface area contributed by atoms with Gasteiger partial charge in [0.1, 0.15) is 0 Å². The molecule has 0 unspecified atom stereocenters. The van der Waals surface area contributed by atoms with Gasteiger partial charge in [-0.25, -0.2) is 0 Å². The van der Waals surface area contributed by atoms with E-state index in [1.54, 1.807) is 0 Å². The maximum absolute atomic E-state index is 2.31. The van der Waals surface area contributed by atoms with Gasteiger partial charge in [0.05, 0.1) is 0 Å². The summed E-state index contributed by atoms with van der Waals surface area (Å²) in [5.74, 6) is 0. The summed E-state index contributed by atoms with van der Waals surface area (Å²) in [6, 6.07) is 4.37. The van der Waals surface area contributed by atoms with E-state index in [4.69, 9.17) is 0 Å². The molecule has 0 N–H and O–H groups in total. The molecule has 2 radical (unpaired) electrons. The van der Waals surface area contributed by atoms with E-state index in [0.29, 0.717) is 0 Å². The molecule has 8 heavy (non-hydrogen) atoms. The molecule has 2 heteroatoms. The van der Waals surface area contributed by atoms with Crippen molar-refractivity contribution < 1.29 is 0 Å². The predicted octanol–water partition coefficient (Wildman–Crippen LogP) is 1.62. The molecule has 0 aliphatic carbocycles. The van der Waals surface area contributed by atoms with E-state index in [9.17, 15) is 0 Å². The number of hydrogen-bond acceptors (Lipinski definition) is 0. The van der Waals surface area contributed by atoms with Crippen LogP contribution in [0.4, 0.5) is 0 Å². The van der Waals surface area contributed by atoms with Gasteiger partial charge in [-0.3, -0.25) is 0 Å². The van der Waals surface area contributed by atoms with Crippen molar-refractivity contribution in [3.63, 3.8) is 0 Å². The van der Waals surface area contributed by atoms with Crippen LogP contribution in [0.1, 0.15) is 20.8 Å². The molecule has 0 atom stereocenters. The SMILES string of the molecule is CC[Si](CC)CC.[InH2]. The normalized spacial score (nSPS) is 9.00. The van der Waals surface area contributed by atoms with Gasteiger partial charge in [-0.05, 0) is 0 Å². The fourth-order valence-corrected chi connectivity index (χ4v) is 2.25. The summed E-state index contributed by atoms with van der Waals surface area (Å²) in [5.41, 5.74) is 0. The van der Waals surface area contributed by atoms with Gasteiger partial charge in [0.2, 0.25) is 0 Å². The zero-order valence-corrected chi connectivity index (χ0v) is 13.3. The van der Waals surface area contributed by atoms with Crippen LogP contribution in [0.5, 0.6) is 0 Å². The van der Waals surface area contributed by atoms with Crippen LogP contribution in [0.25, 0.3) is 0 Å². The Balaban J connectivity index is 0. The average Bonchev–Trinajstić information content (AvgIpc) is 1.72. The van der Waals surface area contributed by atoms with E-state index in [2.05, 4.69) is 20.8 Å². The quantitative estimate of drug-likeness (QED) is 0.649. The topological polar surface area (TPSA) is 0 Å². The van der Waals surface area contributed by atoms with Crippen molar-refractivity contribution in [1.82, 2.24) is 0 Å². The van der Waals surface area contributed by atoms with Gasteiger partial charge in [-0.1, -0.05) is 38.9 Å². The Bertz CT molecular complexity index is 30.0. The molecule has 0 spiro atoms. The maximum atomic E-state index is 2.31. The number of hydrogen-bond donors (Lipinski definition) is 0. The van der Waals surface area contributed by atoms with Gasteiger partial charge in [0, 0.05) is 8.80 Å². The Kier molecular flexibility index (Phi) is 12.0. The Labute approximate surface area is 73.4 Å². The third kappa shape index (κ3) is 5.23. The van der Waals surface area contributed by atoms with E-state index in [1.165, 1.54) is 18.1 Å². The molecule has 0 aromatic heterocycles. The molecule has 0 nitrogen and oxygen atoms in total. The molecule has 0 aliphatic rings. The zero-order chi connectivity index (χ0) is 5.70. The Morgan fingerprint density at radius 3 is 1.12 bits per heavy atom. The molecule has 0 aliphatic heterocycles. The first kappa shape index (κ1) is 11.8. The van der Waals surface area contributed by atoms with Crippen LogP contribution >= 0.6 is 0 Å². The van der Waals surface area contributed by atoms with Crippen molar-refractivity contribution in [3.05, 3.63) is 0 Å². The third-order valence-corrected chi connectivity index (χ3v) is 4.50. The van der Waals surface area contributed by atoms with Crippen LogP contribution in [0.3, 0.4) is 0 Å². The van der Waals surface area contributed by atoms with E-state index < -0.39 is 0 Å². The third-order valence-electron chi connectivity index (χ3n) is 1.50. The minimum atomic E-state index is 0. The van der Waals surface area contributed by atoms with Gasteiger partial charge in [-0.15, -0.1) is 0 Å². The Morgan fingerprint density at radius 2 is 1.12 bits per heavy atom.